The molecular weight excluding hydrogens is 230 g/mol. The Morgan fingerprint density at radius 2 is 1.82 bits per heavy atom. The highest BCUT2D eigenvalue weighted by molar-refractivity contribution is 6.31. The van der Waals surface area contributed by atoms with Crippen LogP contribution < -0.4 is 4.90 Å². The van der Waals surface area contributed by atoms with E-state index >= 15 is 0 Å². The van der Waals surface area contributed by atoms with Crippen LogP contribution in [0.1, 0.15) is 45.1 Å². The van der Waals surface area contributed by atoms with E-state index in [1.54, 1.807) is 0 Å². The van der Waals surface area contributed by atoms with Crippen LogP contribution in [0.4, 0.5) is 5.69 Å². The number of hydrogen-bond donors (Lipinski definition) is 0. The minimum Gasteiger partial charge on any atom is -0.371 e. The van der Waals surface area contributed by atoms with Crippen LogP contribution >= 0.6 is 11.6 Å². The van der Waals surface area contributed by atoms with E-state index in [1.165, 1.54) is 36.9 Å². The Kier molecular flexibility index (Phi) is 6.43. The molecule has 0 saturated heterocycles. The highest BCUT2D eigenvalue weighted by Gasteiger charge is 2.09. The molecule has 2 heteroatoms. The smallest absolute Gasteiger partial charge is 0.0455 e. The van der Waals surface area contributed by atoms with Gasteiger partial charge >= 0.3 is 0 Å². The lowest BCUT2D eigenvalue weighted by Crippen LogP contribution is -2.26. The van der Waals surface area contributed by atoms with Crippen molar-refractivity contribution in [2.75, 3.05) is 18.0 Å². The first-order valence-corrected chi connectivity index (χ1v) is 7.08. The number of hydrogen-bond acceptors (Lipinski definition) is 1. The first-order valence-electron chi connectivity index (χ1n) is 6.70. The lowest BCUT2D eigenvalue weighted by molar-refractivity contribution is 0.668. The van der Waals surface area contributed by atoms with E-state index in [1.807, 2.05) is 12.1 Å². The van der Waals surface area contributed by atoms with Gasteiger partial charge in [0.1, 0.15) is 0 Å². The van der Waals surface area contributed by atoms with Gasteiger partial charge in [-0.25, -0.2) is 0 Å². The number of anilines is 1. The Hall–Kier alpha value is -0.690. The van der Waals surface area contributed by atoms with Gasteiger partial charge in [-0.15, -0.1) is 0 Å². The van der Waals surface area contributed by atoms with Crippen molar-refractivity contribution in [3.8, 4) is 0 Å². The Bertz CT molecular complexity index is 336. The Balaban J connectivity index is 2.77. The molecule has 0 aliphatic carbocycles. The largest absolute Gasteiger partial charge is 0.371 e. The van der Waals surface area contributed by atoms with Gasteiger partial charge in [0.25, 0.3) is 0 Å². The highest BCUT2D eigenvalue weighted by atomic mass is 35.5. The Morgan fingerprint density at radius 1 is 1.06 bits per heavy atom. The van der Waals surface area contributed by atoms with Gasteiger partial charge < -0.3 is 4.90 Å². The van der Waals surface area contributed by atoms with Crippen LogP contribution in [0.25, 0.3) is 0 Å². The van der Waals surface area contributed by atoms with Gasteiger partial charge in [-0.3, -0.25) is 0 Å². The van der Waals surface area contributed by atoms with Crippen molar-refractivity contribution in [1.29, 1.82) is 0 Å². The van der Waals surface area contributed by atoms with Crippen molar-refractivity contribution in [3.63, 3.8) is 0 Å². The molecule has 0 N–H and O–H groups in total. The molecule has 0 spiro atoms. The van der Waals surface area contributed by atoms with Gasteiger partial charge in [-0.2, -0.15) is 0 Å². The molecule has 0 atom stereocenters. The predicted molar refractivity (Wildman–Crippen MR) is 78.2 cm³/mol. The van der Waals surface area contributed by atoms with Crippen molar-refractivity contribution in [2.45, 2.75) is 46.5 Å². The lowest BCUT2D eigenvalue weighted by Gasteiger charge is -2.26. The predicted octanol–water partition coefficient (Wildman–Crippen LogP) is 5.06. The van der Waals surface area contributed by atoms with Gasteiger partial charge in [-0.05, 0) is 37.5 Å². The second-order valence-corrected chi connectivity index (χ2v) is 4.99. The van der Waals surface area contributed by atoms with Crippen molar-refractivity contribution in [1.82, 2.24) is 0 Å². The molecule has 0 aliphatic heterocycles. The van der Waals surface area contributed by atoms with Crippen LogP contribution in [0.2, 0.25) is 5.02 Å². The molecule has 0 heterocycles. The van der Waals surface area contributed by atoms with E-state index in [0.717, 1.165) is 18.1 Å². The van der Waals surface area contributed by atoms with Crippen LogP contribution in [0.3, 0.4) is 0 Å². The fraction of sp³-hybridized carbons (Fsp3) is 0.600. The number of halogens is 1. The summed E-state index contributed by atoms with van der Waals surface area (Å²) < 4.78 is 0. The zero-order chi connectivity index (χ0) is 12.7. The van der Waals surface area contributed by atoms with E-state index < -0.39 is 0 Å². The summed E-state index contributed by atoms with van der Waals surface area (Å²) in [7, 11) is 0. The summed E-state index contributed by atoms with van der Waals surface area (Å²) in [6.07, 6.45) is 5.02. The molecule has 0 radical (unpaired) electrons. The summed E-state index contributed by atoms with van der Waals surface area (Å²) in [4.78, 5) is 2.47. The van der Waals surface area contributed by atoms with Crippen molar-refractivity contribution in [2.24, 2.45) is 0 Å². The molecule has 1 rings (SSSR count). The molecule has 0 aliphatic rings. The fourth-order valence-corrected chi connectivity index (χ4v) is 2.28. The second kappa shape index (κ2) is 7.60. The molecule has 96 valence electrons. The van der Waals surface area contributed by atoms with E-state index in [-0.39, 0.29) is 0 Å². The van der Waals surface area contributed by atoms with E-state index in [2.05, 4.69) is 31.7 Å². The summed E-state index contributed by atoms with van der Waals surface area (Å²) >= 11 is 6.19. The molecule has 0 saturated carbocycles. The van der Waals surface area contributed by atoms with Gasteiger partial charge in [0, 0.05) is 23.8 Å². The third-order valence-electron chi connectivity index (χ3n) is 3.10. The van der Waals surface area contributed by atoms with Crippen molar-refractivity contribution in [3.05, 3.63) is 28.8 Å². The monoisotopic (exact) mass is 253 g/mol. The lowest BCUT2D eigenvalue weighted by atomic mass is 10.1. The summed E-state index contributed by atoms with van der Waals surface area (Å²) in [6.45, 7) is 8.84. The van der Waals surface area contributed by atoms with Crippen LogP contribution in [0.15, 0.2) is 18.2 Å². The first-order chi connectivity index (χ1) is 8.20. The van der Waals surface area contributed by atoms with Gasteiger partial charge in [-0.1, -0.05) is 44.4 Å². The third kappa shape index (κ3) is 4.23. The molecule has 17 heavy (non-hydrogen) atoms. The molecule has 0 aromatic heterocycles. The summed E-state index contributed by atoms with van der Waals surface area (Å²) in [6, 6.07) is 6.20. The maximum Gasteiger partial charge on any atom is 0.0455 e. The fourth-order valence-electron chi connectivity index (χ4n) is 2.11. The zero-order valence-electron chi connectivity index (χ0n) is 11.3. The van der Waals surface area contributed by atoms with Gasteiger partial charge in [0.15, 0.2) is 0 Å². The van der Waals surface area contributed by atoms with Crippen LogP contribution in [0, 0.1) is 6.92 Å². The maximum atomic E-state index is 6.19. The molecular formula is C15H24ClN. The number of benzene rings is 1. The molecule has 1 aromatic rings. The number of rotatable bonds is 7. The summed E-state index contributed by atoms with van der Waals surface area (Å²) in [5.41, 5.74) is 2.51. The van der Waals surface area contributed by atoms with Crippen LogP contribution in [0.5, 0.6) is 0 Å². The van der Waals surface area contributed by atoms with E-state index in [9.17, 15) is 0 Å². The topological polar surface area (TPSA) is 3.24 Å². The Labute approximate surface area is 111 Å². The molecule has 0 amide bonds. The van der Waals surface area contributed by atoms with E-state index in [0.29, 0.717) is 0 Å². The van der Waals surface area contributed by atoms with Crippen LogP contribution in [-0.4, -0.2) is 13.1 Å². The van der Waals surface area contributed by atoms with Gasteiger partial charge in [0.2, 0.25) is 0 Å². The number of nitrogens with zero attached hydrogens (tertiary/aromatic N) is 1. The summed E-state index contributed by atoms with van der Waals surface area (Å²) in [5, 5.41) is 0.874. The minimum absolute atomic E-state index is 0.874. The summed E-state index contributed by atoms with van der Waals surface area (Å²) in [5.74, 6) is 0. The average Bonchev–Trinajstić information content (AvgIpc) is 2.32. The first kappa shape index (κ1) is 14.4. The van der Waals surface area contributed by atoms with Crippen molar-refractivity contribution < 1.29 is 0 Å². The van der Waals surface area contributed by atoms with E-state index in [4.69, 9.17) is 11.6 Å². The Morgan fingerprint density at radius 3 is 2.47 bits per heavy atom. The highest BCUT2D eigenvalue weighted by Crippen LogP contribution is 2.26. The standard InChI is InChI=1S/C15H24ClN/c1-4-6-7-12-17(11-5-2)15-10-8-9-14(16)13(15)3/h8-10H,4-7,11-12H2,1-3H3. The van der Waals surface area contributed by atoms with Gasteiger partial charge in [0.05, 0.1) is 0 Å². The third-order valence-corrected chi connectivity index (χ3v) is 3.51. The normalized spacial score (nSPS) is 10.6. The quantitative estimate of drug-likeness (QED) is 0.615. The second-order valence-electron chi connectivity index (χ2n) is 4.58. The SMILES string of the molecule is CCCCCN(CCC)c1cccc(Cl)c1C. The van der Waals surface area contributed by atoms with Crippen molar-refractivity contribution >= 4 is 17.3 Å². The molecule has 0 bridgehead atoms. The maximum absolute atomic E-state index is 6.19. The molecule has 0 fully saturated rings. The average molecular weight is 254 g/mol. The molecule has 1 nitrogen and oxygen atoms in total. The number of unbranched alkanes of at least 4 members (excludes halogenated alkanes) is 2. The molecule has 1 aromatic carbocycles. The zero-order valence-corrected chi connectivity index (χ0v) is 12.1. The van der Waals surface area contributed by atoms with Crippen LogP contribution in [-0.2, 0) is 0 Å². The minimum atomic E-state index is 0.874. The molecule has 0 unspecified atom stereocenters.